The lowest BCUT2D eigenvalue weighted by Gasteiger charge is -2.24. The summed E-state index contributed by atoms with van der Waals surface area (Å²) < 4.78 is 5.05. The monoisotopic (exact) mass is 333 g/mol. The Balaban J connectivity index is 2.10. The van der Waals surface area contributed by atoms with E-state index in [1.807, 2.05) is 0 Å². The van der Waals surface area contributed by atoms with Gasteiger partial charge in [-0.25, -0.2) is 0 Å². The summed E-state index contributed by atoms with van der Waals surface area (Å²) in [6.07, 6.45) is -0.444. The average molecular weight is 333 g/mol. The highest BCUT2D eigenvalue weighted by molar-refractivity contribution is 6.21. The maximum Gasteiger partial charge on any atom is 0.310 e. The van der Waals surface area contributed by atoms with Gasteiger partial charge in [-0.05, 0) is 25.0 Å². The Labute approximate surface area is 139 Å². The number of ether oxygens (including phenoxy) is 1. The molecule has 2 amide bonds. The van der Waals surface area contributed by atoms with Crippen LogP contribution < -0.4 is 0 Å². The number of esters is 1. The topological polar surface area (TPSA) is 101 Å². The molecule has 24 heavy (non-hydrogen) atoms. The maximum absolute atomic E-state index is 12.3. The van der Waals surface area contributed by atoms with Gasteiger partial charge < -0.3 is 9.84 Å². The molecule has 1 aromatic carbocycles. The Bertz CT molecular complexity index is 648. The van der Waals surface area contributed by atoms with Crippen LogP contribution in [-0.4, -0.2) is 46.4 Å². The summed E-state index contributed by atoms with van der Waals surface area (Å²) in [5, 5.41) is 9.39. The molecule has 7 heteroatoms. The lowest BCUT2D eigenvalue weighted by atomic mass is 9.96. The fraction of sp³-hybridized carbons (Fsp3) is 0.412. The first-order chi connectivity index (χ1) is 11.4. The first kappa shape index (κ1) is 17.7. The SMILES string of the molecule is CCC(OC(C)=O)C(CCN1C(=O)c2ccccc2C1=O)C(=O)O. The molecule has 128 valence electrons. The van der Waals surface area contributed by atoms with Gasteiger partial charge in [0.15, 0.2) is 0 Å². The molecule has 0 saturated carbocycles. The molecular weight excluding hydrogens is 314 g/mol. The van der Waals surface area contributed by atoms with Gasteiger partial charge in [-0.2, -0.15) is 0 Å². The van der Waals surface area contributed by atoms with E-state index in [9.17, 15) is 24.3 Å². The van der Waals surface area contributed by atoms with Crippen molar-refractivity contribution in [2.24, 2.45) is 5.92 Å². The van der Waals surface area contributed by atoms with E-state index in [4.69, 9.17) is 4.74 Å². The first-order valence-electron chi connectivity index (χ1n) is 7.72. The molecule has 2 rings (SSSR count). The summed E-state index contributed by atoms with van der Waals surface area (Å²) in [5.41, 5.74) is 0.641. The maximum atomic E-state index is 12.3. The van der Waals surface area contributed by atoms with Crippen LogP contribution in [0.5, 0.6) is 0 Å². The second-order valence-electron chi connectivity index (χ2n) is 5.60. The highest BCUT2D eigenvalue weighted by atomic mass is 16.5. The van der Waals surface area contributed by atoms with Crippen LogP contribution in [0.1, 0.15) is 47.4 Å². The minimum Gasteiger partial charge on any atom is -0.481 e. The highest BCUT2D eigenvalue weighted by Gasteiger charge is 2.37. The van der Waals surface area contributed by atoms with Crippen molar-refractivity contribution in [1.29, 1.82) is 0 Å². The molecule has 1 heterocycles. The predicted octanol–water partition coefficient (Wildman–Crippen LogP) is 1.72. The van der Waals surface area contributed by atoms with Crippen LogP contribution in [-0.2, 0) is 14.3 Å². The molecule has 1 N–H and O–H groups in total. The van der Waals surface area contributed by atoms with Crippen LogP contribution in [0.4, 0.5) is 0 Å². The Morgan fingerprint density at radius 3 is 2.12 bits per heavy atom. The molecule has 0 fully saturated rings. The summed E-state index contributed by atoms with van der Waals surface area (Å²) in [6.45, 7) is 2.89. The van der Waals surface area contributed by atoms with Gasteiger partial charge in [0.1, 0.15) is 6.10 Å². The number of aliphatic carboxylic acids is 1. The van der Waals surface area contributed by atoms with Gasteiger partial charge in [0.05, 0.1) is 17.0 Å². The van der Waals surface area contributed by atoms with Crippen molar-refractivity contribution in [2.75, 3.05) is 6.54 Å². The second-order valence-corrected chi connectivity index (χ2v) is 5.60. The molecule has 0 radical (unpaired) electrons. The van der Waals surface area contributed by atoms with Crippen molar-refractivity contribution in [1.82, 2.24) is 4.90 Å². The third-order valence-electron chi connectivity index (χ3n) is 4.03. The number of hydrogen-bond donors (Lipinski definition) is 1. The van der Waals surface area contributed by atoms with E-state index in [2.05, 4.69) is 0 Å². The van der Waals surface area contributed by atoms with E-state index >= 15 is 0 Å². The van der Waals surface area contributed by atoms with Gasteiger partial charge in [0.2, 0.25) is 0 Å². The van der Waals surface area contributed by atoms with Crippen LogP contribution >= 0.6 is 0 Å². The third-order valence-corrected chi connectivity index (χ3v) is 4.03. The normalized spacial score (nSPS) is 15.8. The zero-order valence-electron chi connectivity index (χ0n) is 13.5. The summed E-state index contributed by atoms with van der Waals surface area (Å²) in [5.74, 6) is -3.53. The number of rotatable bonds is 7. The van der Waals surface area contributed by atoms with E-state index < -0.39 is 35.8 Å². The lowest BCUT2D eigenvalue weighted by Crippen LogP contribution is -2.37. The molecule has 7 nitrogen and oxygen atoms in total. The van der Waals surface area contributed by atoms with Gasteiger partial charge >= 0.3 is 11.9 Å². The van der Waals surface area contributed by atoms with Crippen LogP contribution in [0, 0.1) is 5.92 Å². The Kier molecular flexibility index (Phi) is 5.33. The van der Waals surface area contributed by atoms with E-state index in [1.54, 1.807) is 31.2 Å². The Hall–Kier alpha value is -2.70. The lowest BCUT2D eigenvalue weighted by molar-refractivity contribution is -0.157. The summed E-state index contributed by atoms with van der Waals surface area (Å²) in [6, 6.07) is 6.47. The third kappa shape index (κ3) is 3.45. The summed E-state index contributed by atoms with van der Waals surface area (Å²) in [7, 11) is 0. The van der Waals surface area contributed by atoms with Gasteiger partial charge in [0.25, 0.3) is 11.8 Å². The zero-order valence-corrected chi connectivity index (χ0v) is 13.5. The van der Waals surface area contributed by atoms with E-state index in [-0.39, 0.29) is 13.0 Å². The fourth-order valence-electron chi connectivity index (χ4n) is 2.84. The fourth-order valence-corrected chi connectivity index (χ4v) is 2.84. The van der Waals surface area contributed by atoms with Crippen LogP contribution in [0.15, 0.2) is 24.3 Å². The van der Waals surface area contributed by atoms with Crippen LogP contribution in [0.3, 0.4) is 0 Å². The number of imide groups is 1. The largest absolute Gasteiger partial charge is 0.481 e. The number of benzene rings is 1. The zero-order chi connectivity index (χ0) is 17.9. The molecule has 0 saturated heterocycles. The minimum absolute atomic E-state index is 0.0204. The molecule has 0 aliphatic carbocycles. The molecule has 0 spiro atoms. The van der Waals surface area contributed by atoms with Gasteiger partial charge in [-0.15, -0.1) is 0 Å². The van der Waals surface area contributed by atoms with E-state index in [0.717, 1.165) is 4.90 Å². The van der Waals surface area contributed by atoms with E-state index in [0.29, 0.717) is 17.5 Å². The molecule has 1 aliphatic heterocycles. The molecular formula is C17H19NO6. The number of carbonyl (C=O) groups is 4. The van der Waals surface area contributed by atoms with Crippen molar-refractivity contribution in [3.05, 3.63) is 35.4 Å². The van der Waals surface area contributed by atoms with E-state index in [1.165, 1.54) is 6.92 Å². The molecule has 0 bridgehead atoms. The first-order valence-corrected chi connectivity index (χ1v) is 7.72. The van der Waals surface area contributed by atoms with Crippen molar-refractivity contribution >= 4 is 23.8 Å². The Morgan fingerprint density at radius 2 is 1.71 bits per heavy atom. The smallest absolute Gasteiger partial charge is 0.310 e. The van der Waals surface area contributed by atoms with Crippen molar-refractivity contribution in [2.45, 2.75) is 32.8 Å². The number of carbonyl (C=O) groups excluding carboxylic acids is 3. The molecule has 1 aromatic rings. The molecule has 2 unspecified atom stereocenters. The molecule has 0 aromatic heterocycles. The van der Waals surface area contributed by atoms with Crippen molar-refractivity contribution < 1.29 is 29.0 Å². The number of carboxylic acids is 1. The highest BCUT2D eigenvalue weighted by Crippen LogP contribution is 2.24. The standard InChI is InChI=1S/C17H19NO6/c1-3-14(24-10(2)19)13(17(22)23)8-9-18-15(20)11-6-4-5-7-12(11)16(18)21/h4-7,13-14H,3,8-9H2,1-2H3,(H,22,23). The number of hydrogen-bond acceptors (Lipinski definition) is 5. The number of carboxylic acid groups (broad SMARTS) is 1. The van der Waals surface area contributed by atoms with Crippen LogP contribution in [0.2, 0.25) is 0 Å². The predicted molar refractivity (Wildman–Crippen MR) is 83.4 cm³/mol. The van der Waals surface area contributed by atoms with Gasteiger partial charge in [0, 0.05) is 13.5 Å². The second kappa shape index (κ2) is 7.25. The summed E-state index contributed by atoms with van der Waals surface area (Å²) >= 11 is 0. The number of fused-ring (bicyclic) bond motifs is 1. The molecule has 2 atom stereocenters. The van der Waals surface area contributed by atoms with Crippen molar-refractivity contribution in [3.8, 4) is 0 Å². The average Bonchev–Trinajstić information content (AvgIpc) is 2.78. The minimum atomic E-state index is -1.13. The van der Waals surface area contributed by atoms with Crippen molar-refractivity contribution in [3.63, 3.8) is 0 Å². The quantitative estimate of drug-likeness (QED) is 0.602. The number of nitrogens with zero attached hydrogens (tertiary/aromatic N) is 1. The van der Waals surface area contributed by atoms with Crippen LogP contribution in [0.25, 0.3) is 0 Å². The summed E-state index contributed by atoms with van der Waals surface area (Å²) in [4.78, 5) is 48.2. The van der Waals surface area contributed by atoms with Gasteiger partial charge in [-0.3, -0.25) is 24.1 Å². The molecule has 1 aliphatic rings. The number of amides is 2. The Morgan fingerprint density at radius 1 is 1.17 bits per heavy atom. The van der Waals surface area contributed by atoms with Gasteiger partial charge in [-0.1, -0.05) is 19.1 Å².